The van der Waals surface area contributed by atoms with Crippen LogP contribution in [0.2, 0.25) is 0 Å². The maximum Gasteiger partial charge on any atom is 0.433 e. The molecule has 4 nitrogen and oxygen atoms in total. The van der Waals surface area contributed by atoms with Crippen LogP contribution in [0, 0.1) is 0 Å². The summed E-state index contributed by atoms with van der Waals surface area (Å²) >= 11 is 0. The summed E-state index contributed by atoms with van der Waals surface area (Å²) in [6.45, 7) is 0. The first-order valence-electron chi connectivity index (χ1n) is 5.28. The van der Waals surface area contributed by atoms with Crippen LogP contribution in [-0.4, -0.2) is 30.1 Å². The van der Waals surface area contributed by atoms with Crippen LogP contribution in [0.1, 0.15) is 18.5 Å². The van der Waals surface area contributed by atoms with Crippen molar-refractivity contribution >= 4 is 11.8 Å². The molecular formula is C10H13F3N4. The van der Waals surface area contributed by atoms with Gasteiger partial charge in [0.2, 0.25) is 5.95 Å². The summed E-state index contributed by atoms with van der Waals surface area (Å²) in [7, 11) is 3.25. The molecule has 1 aromatic heterocycles. The molecule has 0 atom stereocenters. The van der Waals surface area contributed by atoms with E-state index in [1.54, 1.807) is 11.9 Å². The Morgan fingerprint density at radius 2 is 2.00 bits per heavy atom. The molecule has 1 aromatic rings. The third-order valence-corrected chi connectivity index (χ3v) is 2.68. The van der Waals surface area contributed by atoms with Crippen molar-refractivity contribution in [2.75, 3.05) is 24.3 Å². The highest BCUT2D eigenvalue weighted by Gasteiger charge is 2.35. The Morgan fingerprint density at radius 1 is 1.35 bits per heavy atom. The molecule has 0 aromatic carbocycles. The second-order valence-corrected chi connectivity index (χ2v) is 4.02. The number of nitrogens with one attached hydrogen (secondary N) is 1. The highest BCUT2D eigenvalue weighted by atomic mass is 19.4. The van der Waals surface area contributed by atoms with Gasteiger partial charge in [-0.2, -0.15) is 18.2 Å². The van der Waals surface area contributed by atoms with Gasteiger partial charge in [0.25, 0.3) is 0 Å². The average Bonchev–Trinajstić information content (AvgIpc) is 3.10. The van der Waals surface area contributed by atoms with Crippen molar-refractivity contribution in [2.24, 2.45) is 0 Å². The smallest absolute Gasteiger partial charge is 0.357 e. The zero-order valence-electron chi connectivity index (χ0n) is 9.54. The molecule has 0 amide bonds. The summed E-state index contributed by atoms with van der Waals surface area (Å²) in [5.41, 5.74) is -0.917. The molecule has 1 aliphatic carbocycles. The van der Waals surface area contributed by atoms with Crippen molar-refractivity contribution < 1.29 is 13.2 Å². The van der Waals surface area contributed by atoms with Gasteiger partial charge in [-0.3, -0.25) is 0 Å². The summed E-state index contributed by atoms with van der Waals surface area (Å²) < 4.78 is 37.9. The topological polar surface area (TPSA) is 41.1 Å². The first-order valence-corrected chi connectivity index (χ1v) is 5.28. The Bertz CT molecular complexity index is 415. The SMILES string of the molecule is CNc1nc(N(C)C2CC2)cc(C(F)(F)F)n1. The molecule has 1 fully saturated rings. The normalized spacial score (nSPS) is 15.8. The minimum absolute atomic E-state index is 0.0117. The lowest BCUT2D eigenvalue weighted by atomic mass is 10.3. The largest absolute Gasteiger partial charge is 0.433 e. The molecule has 0 aliphatic heterocycles. The fourth-order valence-electron chi connectivity index (χ4n) is 1.52. The zero-order valence-corrected chi connectivity index (χ0v) is 9.54. The molecule has 7 heteroatoms. The van der Waals surface area contributed by atoms with E-state index in [9.17, 15) is 13.2 Å². The number of anilines is 2. The molecule has 0 unspecified atom stereocenters. The Morgan fingerprint density at radius 3 is 2.47 bits per heavy atom. The molecule has 1 saturated carbocycles. The van der Waals surface area contributed by atoms with Crippen molar-refractivity contribution in [3.63, 3.8) is 0 Å². The van der Waals surface area contributed by atoms with E-state index in [1.165, 1.54) is 7.05 Å². The van der Waals surface area contributed by atoms with Crippen LogP contribution in [0.3, 0.4) is 0 Å². The first kappa shape index (κ1) is 11.9. The third-order valence-electron chi connectivity index (χ3n) is 2.68. The van der Waals surface area contributed by atoms with Gasteiger partial charge in [-0.15, -0.1) is 0 Å². The van der Waals surface area contributed by atoms with Gasteiger partial charge in [-0.1, -0.05) is 0 Å². The van der Waals surface area contributed by atoms with Crippen LogP contribution in [0.4, 0.5) is 24.9 Å². The molecule has 2 rings (SSSR count). The van der Waals surface area contributed by atoms with Gasteiger partial charge in [0.1, 0.15) is 5.82 Å². The maximum atomic E-state index is 12.6. The number of hydrogen-bond acceptors (Lipinski definition) is 4. The summed E-state index contributed by atoms with van der Waals surface area (Å²) in [5, 5.41) is 2.55. The van der Waals surface area contributed by atoms with Gasteiger partial charge in [0, 0.05) is 26.2 Å². The van der Waals surface area contributed by atoms with Crippen LogP contribution in [-0.2, 0) is 6.18 Å². The number of alkyl halides is 3. The monoisotopic (exact) mass is 246 g/mol. The van der Waals surface area contributed by atoms with Crippen LogP contribution < -0.4 is 10.2 Å². The Labute approximate surface area is 96.9 Å². The minimum atomic E-state index is -4.45. The zero-order chi connectivity index (χ0) is 12.6. The third kappa shape index (κ3) is 2.59. The van der Waals surface area contributed by atoms with Crippen LogP contribution >= 0.6 is 0 Å². The molecule has 0 spiro atoms. The van der Waals surface area contributed by atoms with E-state index in [0.717, 1.165) is 18.9 Å². The summed E-state index contributed by atoms with van der Waals surface area (Å²) in [6.07, 6.45) is -2.46. The van der Waals surface area contributed by atoms with Crippen LogP contribution in [0.15, 0.2) is 6.07 Å². The van der Waals surface area contributed by atoms with Crippen LogP contribution in [0.5, 0.6) is 0 Å². The highest BCUT2D eigenvalue weighted by Crippen LogP contribution is 2.33. The van der Waals surface area contributed by atoms with Gasteiger partial charge in [0.15, 0.2) is 5.69 Å². The second-order valence-electron chi connectivity index (χ2n) is 4.02. The van der Waals surface area contributed by atoms with E-state index in [4.69, 9.17) is 0 Å². The predicted molar refractivity (Wildman–Crippen MR) is 58.0 cm³/mol. The van der Waals surface area contributed by atoms with Gasteiger partial charge in [-0.05, 0) is 12.8 Å². The number of halogens is 3. The number of nitrogens with zero attached hydrogens (tertiary/aromatic N) is 3. The second kappa shape index (κ2) is 4.05. The van der Waals surface area contributed by atoms with Crippen molar-refractivity contribution in [3.05, 3.63) is 11.8 Å². The fourth-order valence-corrected chi connectivity index (χ4v) is 1.52. The predicted octanol–water partition coefficient (Wildman–Crippen LogP) is 2.14. The highest BCUT2D eigenvalue weighted by molar-refractivity contribution is 5.46. The lowest BCUT2D eigenvalue weighted by Crippen LogP contribution is -2.22. The van der Waals surface area contributed by atoms with Gasteiger partial charge < -0.3 is 10.2 Å². The Balaban J connectivity index is 2.37. The molecule has 0 saturated heterocycles. The van der Waals surface area contributed by atoms with Crippen LogP contribution in [0.25, 0.3) is 0 Å². The number of rotatable bonds is 3. The van der Waals surface area contributed by atoms with Gasteiger partial charge in [0.05, 0.1) is 0 Å². The van der Waals surface area contributed by atoms with E-state index in [0.29, 0.717) is 11.9 Å². The van der Waals surface area contributed by atoms with E-state index in [1.807, 2.05) is 0 Å². The van der Waals surface area contributed by atoms with Crippen molar-refractivity contribution in [1.29, 1.82) is 0 Å². The molecule has 0 bridgehead atoms. The van der Waals surface area contributed by atoms with E-state index in [2.05, 4.69) is 15.3 Å². The van der Waals surface area contributed by atoms with Gasteiger partial charge >= 0.3 is 6.18 Å². The maximum absolute atomic E-state index is 12.6. The summed E-state index contributed by atoms with van der Waals surface area (Å²) in [5.74, 6) is 0.293. The quantitative estimate of drug-likeness (QED) is 0.887. The molecular weight excluding hydrogens is 233 g/mol. The van der Waals surface area contributed by atoms with E-state index >= 15 is 0 Å². The van der Waals surface area contributed by atoms with E-state index in [-0.39, 0.29) is 5.95 Å². The molecule has 1 aliphatic rings. The molecule has 1 N–H and O–H groups in total. The Hall–Kier alpha value is -1.53. The Kier molecular flexibility index (Phi) is 2.84. The standard InChI is InChI=1S/C10H13F3N4/c1-14-9-15-7(10(11,12)13)5-8(16-9)17(2)6-3-4-6/h5-6H,3-4H2,1-2H3,(H,14,15,16). The first-order chi connectivity index (χ1) is 7.91. The minimum Gasteiger partial charge on any atom is -0.357 e. The average molecular weight is 246 g/mol. The molecule has 17 heavy (non-hydrogen) atoms. The summed E-state index contributed by atoms with van der Waals surface area (Å²) in [4.78, 5) is 9.20. The number of hydrogen-bond donors (Lipinski definition) is 1. The fraction of sp³-hybridized carbons (Fsp3) is 0.600. The molecule has 1 heterocycles. The van der Waals surface area contributed by atoms with Crippen molar-refractivity contribution in [3.8, 4) is 0 Å². The molecule has 0 radical (unpaired) electrons. The molecule has 94 valence electrons. The van der Waals surface area contributed by atoms with Crippen molar-refractivity contribution in [1.82, 2.24) is 9.97 Å². The van der Waals surface area contributed by atoms with Crippen molar-refractivity contribution in [2.45, 2.75) is 25.1 Å². The lowest BCUT2D eigenvalue weighted by Gasteiger charge is -2.19. The number of aromatic nitrogens is 2. The lowest BCUT2D eigenvalue weighted by molar-refractivity contribution is -0.141. The summed E-state index contributed by atoms with van der Waals surface area (Å²) in [6, 6.07) is 1.29. The van der Waals surface area contributed by atoms with E-state index < -0.39 is 11.9 Å². The van der Waals surface area contributed by atoms with Gasteiger partial charge in [-0.25, -0.2) is 4.98 Å².